The lowest BCUT2D eigenvalue weighted by Crippen LogP contribution is -3.05. The molecule has 0 radical (unpaired) electrons. The summed E-state index contributed by atoms with van der Waals surface area (Å²) in [5.41, 5.74) is 1.83. The van der Waals surface area contributed by atoms with E-state index >= 15 is 0 Å². The third-order valence-corrected chi connectivity index (χ3v) is 6.75. The molecule has 2 aromatic heterocycles. The summed E-state index contributed by atoms with van der Waals surface area (Å²) in [7, 11) is 4.26. The summed E-state index contributed by atoms with van der Waals surface area (Å²) in [5, 5.41) is 2.51. The lowest BCUT2D eigenvalue weighted by molar-refractivity contribution is -0.858. The minimum absolute atomic E-state index is 0.0474. The molecule has 0 amide bonds. The predicted molar refractivity (Wildman–Crippen MR) is 117 cm³/mol. The van der Waals surface area contributed by atoms with Crippen molar-refractivity contribution in [3.8, 4) is 0 Å². The summed E-state index contributed by atoms with van der Waals surface area (Å²) in [6, 6.07) is 15.8. The van der Waals surface area contributed by atoms with E-state index in [1.54, 1.807) is 23.1 Å². The van der Waals surface area contributed by atoms with Crippen LogP contribution in [0.15, 0.2) is 58.5 Å². The number of para-hydroxylation sites is 2. The third kappa shape index (κ3) is 4.11. The highest BCUT2D eigenvalue weighted by Crippen LogP contribution is 2.28. The van der Waals surface area contributed by atoms with Crippen LogP contribution in [0.25, 0.3) is 21.1 Å². The maximum atomic E-state index is 13.1. The first-order valence-corrected chi connectivity index (χ1v) is 11.2. The Hall–Kier alpha value is -2.22. The van der Waals surface area contributed by atoms with Crippen LogP contribution in [-0.4, -0.2) is 35.2 Å². The Labute approximate surface area is 172 Å². The summed E-state index contributed by atoms with van der Waals surface area (Å²) in [5.74, 6) is 0.711. The number of thiazole rings is 1. The number of nitrogens with one attached hydrogen (secondary N) is 1. The van der Waals surface area contributed by atoms with Crippen molar-refractivity contribution >= 4 is 44.2 Å². The molecule has 28 heavy (non-hydrogen) atoms. The van der Waals surface area contributed by atoms with Crippen molar-refractivity contribution in [1.29, 1.82) is 0 Å². The van der Waals surface area contributed by atoms with E-state index in [4.69, 9.17) is 9.97 Å². The van der Waals surface area contributed by atoms with Crippen LogP contribution in [0.1, 0.15) is 11.4 Å². The number of hydrogen-bond donors (Lipinski definition) is 1. The molecule has 5 nitrogen and oxygen atoms in total. The first kappa shape index (κ1) is 19.1. The van der Waals surface area contributed by atoms with Gasteiger partial charge >= 0.3 is 0 Å². The van der Waals surface area contributed by atoms with E-state index in [9.17, 15) is 4.79 Å². The molecule has 2 heterocycles. The van der Waals surface area contributed by atoms with E-state index in [1.165, 1.54) is 9.60 Å². The van der Waals surface area contributed by atoms with Gasteiger partial charge in [0.15, 0.2) is 5.16 Å². The summed E-state index contributed by atoms with van der Waals surface area (Å²) >= 11 is 3.30. The average molecular weight is 412 g/mol. The summed E-state index contributed by atoms with van der Waals surface area (Å²) in [6.45, 7) is 1.70. The van der Waals surface area contributed by atoms with Gasteiger partial charge in [-0.3, -0.25) is 9.36 Å². The van der Waals surface area contributed by atoms with Gasteiger partial charge in [-0.2, -0.15) is 0 Å². The molecular weight excluding hydrogens is 388 g/mol. The van der Waals surface area contributed by atoms with Crippen molar-refractivity contribution in [3.63, 3.8) is 0 Å². The zero-order valence-electron chi connectivity index (χ0n) is 16.0. The zero-order valence-corrected chi connectivity index (χ0v) is 17.6. The van der Waals surface area contributed by atoms with Crippen LogP contribution in [0.4, 0.5) is 0 Å². The third-order valence-electron chi connectivity index (χ3n) is 4.55. The smallest absolute Gasteiger partial charge is 0.262 e. The lowest BCUT2D eigenvalue weighted by Gasteiger charge is -2.13. The Morgan fingerprint density at radius 1 is 1.04 bits per heavy atom. The zero-order chi connectivity index (χ0) is 19.5. The van der Waals surface area contributed by atoms with Crippen LogP contribution in [0, 0.1) is 0 Å². The largest absolute Gasteiger partial charge is 0.340 e. The monoisotopic (exact) mass is 411 g/mol. The first-order chi connectivity index (χ1) is 13.6. The second kappa shape index (κ2) is 8.43. The fraction of sp³-hybridized carbons (Fsp3) is 0.286. The number of rotatable bonds is 7. The van der Waals surface area contributed by atoms with Crippen molar-refractivity contribution in [2.45, 2.75) is 23.9 Å². The second-order valence-electron chi connectivity index (χ2n) is 7.04. The molecule has 0 fully saturated rings. The molecule has 0 aliphatic rings. The van der Waals surface area contributed by atoms with Crippen LogP contribution in [0.3, 0.4) is 0 Å². The van der Waals surface area contributed by atoms with Crippen molar-refractivity contribution in [2.75, 3.05) is 20.6 Å². The number of hydrogen-bond acceptors (Lipinski definition) is 5. The standard InChI is InChI=1S/C21H22N4OS2/c1-24(2)12-7-13-25-20(26)15-8-3-4-9-16(15)23-21(25)27-14-19-22-17-10-5-6-11-18(17)28-19/h3-6,8-11H,7,12-14H2,1-2H3/p+1. The van der Waals surface area contributed by atoms with E-state index in [2.05, 4.69) is 20.2 Å². The van der Waals surface area contributed by atoms with Crippen LogP contribution in [-0.2, 0) is 12.3 Å². The van der Waals surface area contributed by atoms with E-state index in [-0.39, 0.29) is 5.56 Å². The van der Waals surface area contributed by atoms with Gasteiger partial charge in [-0.15, -0.1) is 11.3 Å². The van der Waals surface area contributed by atoms with Gasteiger partial charge in [0.25, 0.3) is 5.56 Å². The van der Waals surface area contributed by atoms with Gasteiger partial charge in [-0.1, -0.05) is 36.0 Å². The van der Waals surface area contributed by atoms with Crippen LogP contribution in [0.2, 0.25) is 0 Å². The number of benzene rings is 2. The summed E-state index contributed by atoms with van der Waals surface area (Å²) < 4.78 is 3.03. The van der Waals surface area contributed by atoms with Gasteiger partial charge in [0.1, 0.15) is 5.01 Å². The Morgan fingerprint density at radius 2 is 1.79 bits per heavy atom. The molecule has 4 rings (SSSR count). The van der Waals surface area contributed by atoms with Gasteiger partial charge < -0.3 is 4.90 Å². The van der Waals surface area contributed by atoms with Crippen LogP contribution < -0.4 is 10.5 Å². The molecular formula is C21H23N4OS2+. The summed E-state index contributed by atoms with van der Waals surface area (Å²) in [4.78, 5) is 24.0. The molecule has 0 spiro atoms. The van der Waals surface area contributed by atoms with Gasteiger partial charge in [0.2, 0.25) is 0 Å². The van der Waals surface area contributed by atoms with Crippen LogP contribution >= 0.6 is 23.1 Å². The quantitative estimate of drug-likeness (QED) is 0.375. The molecule has 7 heteroatoms. The van der Waals surface area contributed by atoms with Gasteiger partial charge in [0.05, 0.1) is 47.5 Å². The molecule has 0 atom stereocenters. The number of quaternary nitrogens is 1. The SMILES string of the molecule is C[NH+](C)CCCn1c(SCc2nc3ccccc3s2)nc2ccccc2c1=O. The van der Waals surface area contributed by atoms with Gasteiger partial charge in [-0.05, 0) is 24.3 Å². The van der Waals surface area contributed by atoms with Crippen molar-refractivity contribution in [3.05, 3.63) is 63.9 Å². The molecule has 0 bridgehead atoms. The highest BCUT2D eigenvalue weighted by Gasteiger charge is 2.13. The molecule has 0 saturated heterocycles. The minimum atomic E-state index is 0.0474. The van der Waals surface area contributed by atoms with E-state index < -0.39 is 0 Å². The fourth-order valence-electron chi connectivity index (χ4n) is 3.15. The highest BCUT2D eigenvalue weighted by molar-refractivity contribution is 7.98. The number of fused-ring (bicyclic) bond motifs is 2. The Balaban J connectivity index is 1.64. The molecule has 4 aromatic rings. The first-order valence-electron chi connectivity index (χ1n) is 9.37. The number of nitrogens with zero attached hydrogens (tertiary/aromatic N) is 3. The van der Waals surface area contributed by atoms with E-state index in [0.29, 0.717) is 17.7 Å². The van der Waals surface area contributed by atoms with Crippen LogP contribution in [0.5, 0.6) is 0 Å². The fourth-order valence-corrected chi connectivity index (χ4v) is 5.14. The molecule has 0 aliphatic heterocycles. The van der Waals surface area contributed by atoms with E-state index in [1.807, 2.05) is 47.0 Å². The maximum Gasteiger partial charge on any atom is 0.262 e. The Morgan fingerprint density at radius 3 is 2.57 bits per heavy atom. The molecule has 0 saturated carbocycles. The molecule has 0 unspecified atom stereocenters. The van der Waals surface area contributed by atoms with Gasteiger partial charge in [0, 0.05) is 13.0 Å². The molecule has 1 N–H and O–H groups in total. The lowest BCUT2D eigenvalue weighted by atomic mass is 10.2. The van der Waals surface area contributed by atoms with Gasteiger partial charge in [-0.25, -0.2) is 9.97 Å². The molecule has 0 aliphatic carbocycles. The predicted octanol–water partition coefficient (Wildman–Crippen LogP) is 2.83. The highest BCUT2D eigenvalue weighted by atomic mass is 32.2. The Kier molecular flexibility index (Phi) is 5.75. The average Bonchev–Trinajstić information content (AvgIpc) is 3.11. The number of thioether (sulfide) groups is 1. The van der Waals surface area contributed by atoms with Crippen molar-refractivity contribution in [2.24, 2.45) is 0 Å². The maximum absolute atomic E-state index is 13.1. The minimum Gasteiger partial charge on any atom is -0.340 e. The normalized spacial score (nSPS) is 11.7. The number of aromatic nitrogens is 3. The molecule has 144 valence electrons. The topological polar surface area (TPSA) is 52.2 Å². The van der Waals surface area contributed by atoms with Crippen molar-refractivity contribution in [1.82, 2.24) is 14.5 Å². The Bertz CT molecular complexity index is 1130. The summed E-state index contributed by atoms with van der Waals surface area (Å²) in [6.07, 6.45) is 0.941. The molecule has 2 aromatic carbocycles. The second-order valence-corrected chi connectivity index (χ2v) is 9.10. The van der Waals surface area contributed by atoms with E-state index in [0.717, 1.165) is 34.2 Å². The van der Waals surface area contributed by atoms with Crippen molar-refractivity contribution < 1.29 is 4.90 Å².